The van der Waals surface area contributed by atoms with Crippen LogP contribution >= 0.6 is 0 Å². The topological polar surface area (TPSA) is 81.0 Å². The summed E-state index contributed by atoms with van der Waals surface area (Å²) in [5.74, 6) is -0.933. The van der Waals surface area contributed by atoms with E-state index in [0.717, 1.165) is 0 Å². The van der Waals surface area contributed by atoms with Crippen molar-refractivity contribution in [3.8, 4) is 0 Å². The van der Waals surface area contributed by atoms with E-state index in [9.17, 15) is 9.90 Å². The quantitative estimate of drug-likeness (QED) is 0.524. The average molecular weight is 189 g/mol. The van der Waals surface area contributed by atoms with Crippen molar-refractivity contribution in [1.29, 1.82) is 0 Å². The minimum Gasteiger partial charge on any atom is -0.480 e. The number of β-amino-alcohol motifs (C(OH)–C–C–N with tert-alkyl or cyclic N) is 2. The van der Waals surface area contributed by atoms with Crippen molar-refractivity contribution in [3.05, 3.63) is 0 Å². The molecular formula is C8H15NO4. The smallest absolute Gasteiger partial charge is 0.321 e. The summed E-state index contributed by atoms with van der Waals surface area (Å²) in [5, 5.41) is 27.1. The molecule has 1 aliphatic rings. The molecule has 0 aliphatic carbocycles. The molecule has 0 amide bonds. The molecule has 1 rings (SSSR count). The molecule has 0 aromatic heterocycles. The maximum absolute atomic E-state index is 10.7. The van der Waals surface area contributed by atoms with E-state index in [1.807, 2.05) is 0 Å². The van der Waals surface area contributed by atoms with Gasteiger partial charge in [-0.1, -0.05) is 0 Å². The first-order valence-electron chi connectivity index (χ1n) is 4.33. The van der Waals surface area contributed by atoms with Crippen LogP contribution in [-0.4, -0.2) is 57.5 Å². The summed E-state index contributed by atoms with van der Waals surface area (Å²) >= 11 is 0. The lowest BCUT2D eigenvalue weighted by Gasteiger charge is -2.21. The largest absolute Gasteiger partial charge is 0.480 e. The second-order valence-corrected chi connectivity index (χ2v) is 3.55. The summed E-state index contributed by atoms with van der Waals surface area (Å²) in [6.07, 6.45) is -0.894. The molecular weight excluding hydrogens is 174 g/mol. The number of hydrogen-bond donors (Lipinski definition) is 3. The first-order chi connectivity index (χ1) is 6.00. The third-order valence-electron chi connectivity index (χ3n) is 2.17. The van der Waals surface area contributed by atoms with Crippen LogP contribution in [-0.2, 0) is 4.79 Å². The van der Waals surface area contributed by atoms with Crippen molar-refractivity contribution in [1.82, 2.24) is 4.90 Å². The maximum Gasteiger partial charge on any atom is 0.321 e. The van der Waals surface area contributed by atoms with Crippen LogP contribution in [0.15, 0.2) is 0 Å². The van der Waals surface area contributed by atoms with Crippen LogP contribution in [0.5, 0.6) is 0 Å². The van der Waals surface area contributed by atoms with E-state index in [1.165, 1.54) is 0 Å². The van der Waals surface area contributed by atoms with Crippen molar-refractivity contribution < 1.29 is 20.1 Å². The van der Waals surface area contributed by atoms with Crippen LogP contribution in [0.4, 0.5) is 0 Å². The predicted octanol–water partition coefficient (Wildman–Crippen LogP) is -1.11. The van der Waals surface area contributed by atoms with Crippen molar-refractivity contribution in [2.45, 2.75) is 31.6 Å². The van der Waals surface area contributed by atoms with Gasteiger partial charge in [-0.25, -0.2) is 0 Å². The Balaban J connectivity index is 2.55. The monoisotopic (exact) mass is 189 g/mol. The van der Waals surface area contributed by atoms with Gasteiger partial charge in [-0.3, -0.25) is 9.69 Å². The molecule has 3 atom stereocenters. The highest BCUT2D eigenvalue weighted by atomic mass is 16.4. The summed E-state index contributed by atoms with van der Waals surface area (Å²) in [6.45, 7) is 2.24. The second kappa shape index (κ2) is 4.04. The Morgan fingerprint density at radius 1 is 1.69 bits per heavy atom. The molecule has 3 N–H and O–H groups in total. The van der Waals surface area contributed by atoms with Gasteiger partial charge in [0.1, 0.15) is 6.04 Å². The second-order valence-electron chi connectivity index (χ2n) is 3.55. The Labute approximate surface area is 76.6 Å². The predicted molar refractivity (Wildman–Crippen MR) is 45.3 cm³/mol. The van der Waals surface area contributed by atoms with Gasteiger partial charge in [0.25, 0.3) is 0 Å². The van der Waals surface area contributed by atoms with E-state index in [4.69, 9.17) is 10.2 Å². The molecule has 1 saturated heterocycles. The number of aliphatic hydroxyl groups is 2. The molecule has 1 fully saturated rings. The number of aliphatic hydroxyl groups excluding tert-OH is 2. The average Bonchev–Trinajstić information content (AvgIpc) is 2.29. The summed E-state index contributed by atoms with van der Waals surface area (Å²) in [6, 6.07) is -0.649. The highest BCUT2D eigenvalue weighted by Gasteiger charge is 2.36. The number of nitrogens with zero attached hydrogens (tertiary/aromatic N) is 1. The highest BCUT2D eigenvalue weighted by Crippen LogP contribution is 2.17. The van der Waals surface area contributed by atoms with Crippen LogP contribution < -0.4 is 0 Å². The molecule has 76 valence electrons. The van der Waals surface area contributed by atoms with Crippen molar-refractivity contribution in [3.63, 3.8) is 0 Å². The van der Waals surface area contributed by atoms with E-state index in [1.54, 1.807) is 11.8 Å². The molecule has 5 nitrogen and oxygen atoms in total. The molecule has 0 saturated carbocycles. The lowest BCUT2D eigenvalue weighted by Crippen LogP contribution is -2.40. The highest BCUT2D eigenvalue weighted by molar-refractivity contribution is 5.74. The molecule has 0 unspecified atom stereocenters. The van der Waals surface area contributed by atoms with Crippen molar-refractivity contribution in [2.75, 3.05) is 13.1 Å². The first kappa shape index (κ1) is 10.4. The van der Waals surface area contributed by atoms with Crippen LogP contribution in [0.1, 0.15) is 13.3 Å². The SMILES string of the molecule is C[C@@H](O)CN1C[C@H](O)C[C@H]1C(=O)O. The van der Waals surface area contributed by atoms with Gasteiger partial charge in [-0.05, 0) is 6.92 Å². The van der Waals surface area contributed by atoms with Gasteiger partial charge in [0.15, 0.2) is 0 Å². The number of carboxylic acids is 1. The number of carboxylic acid groups (broad SMARTS) is 1. The first-order valence-corrected chi connectivity index (χ1v) is 4.33. The van der Waals surface area contributed by atoms with Gasteiger partial charge < -0.3 is 15.3 Å². The fourth-order valence-electron chi connectivity index (χ4n) is 1.68. The standard InChI is InChI=1S/C8H15NO4/c1-5(10)3-9-4-6(11)2-7(9)8(12)13/h5-7,10-11H,2-4H2,1H3,(H,12,13)/t5-,6-,7+/m1/s1. The Morgan fingerprint density at radius 3 is 2.77 bits per heavy atom. The lowest BCUT2D eigenvalue weighted by atomic mass is 10.2. The van der Waals surface area contributed by atoms with Crippen molar-refractivity contribution in [2.24, 2.45) is 0 Å². The zero-order valence-electron chi connectivity index (χ0n) is 7.55. The minimum absolute atomic E-state index is 0.252. The van der Waals surface area contributed by atoms with Crippen molar-refractivity contribution >= 4 is 5.97 Å². The van der Waals surface area contributed by atoms with Gasteiger partial charge in [0.05, 0.1) is 12.2 Å². The number of rotatable bonds is 3. The van der Waals surface area contributed by atoms with Gasteiger partial charge in [-0.15, -0.1) is 0 Å². The Morgan fingerprint density at radius 2 is 2.31 bits per heavy atom. The van der Waals surface area contributed by atoms with E-state index in [0.29, 0.717) is 13.1 Å². The van der Waals surface area contributed by atoms with Crippen LogP contribution in [0.2, 0.25) is 0 Å². The Bertz CT molecular complexity index is 195. The number of carbonyl (C=O) groups is 1. The maximum atomic E-state index is 10.7. The third-order valence-corrected chi connectivity index (χ3v) is 2.17. The minimum atomic E-state index is -0.933. The van der Waals surface area contributed by atoms with E-state index < -0.39 is 24.2 Å². The molecule has 0 spiro atoms. The third kappa shape index (κ3) is 2.65. The molecule has 1 heterocycles. The zero-order valence-corrected chi connectivity index (χ0v) is 7.55. The lowest BCUT2D eigenvalue weighted by molar-refractivity contribution is -0.142. The van der Waals surface area contributed by atoms with Gasteiger partial charge in [0, 0.05) is 19.5 Å². The zero-order chi connectivity index (χ0) is 10.0. The molecule has 1 aliphatic heterocycles. The fraction of sp³-hybridized carbons (Fsp3) is 0.875. The summed E-state index contributed by atoms with van der Waals surface area (Å²) in [5.41, 5.74) is 0. The molecule has 0 aromatic rings. The number of aliphatic carboxylic acids is 1. The van der Waals surface area contributed by atoms with E-state index in [2.05, 4.69) is 0 Å². The van der Waals surface area contributed by atoms with Crippen LogP contribution in [0.25, 0.3) is 0 Å². The molecule has 5 heteroatoms. The normalized spacial score (nSPS) is 31.9. The summed E-state index contributed by atoms with van der Waals surface area (Å²) in [4.78, 5) is 12.3. The van der Waals surface area contributed by atoms with Gasteiger partial charge >= 0.3 is 5.97 Å². The number of hydrogen-bond acceptors (Lipinski definition) is 4. The van der Waals surface area contributed by atoms with Gasteiger partial charge in [-0.2, -0.15) is 0 Å². The summed E-state index contributed by atoms with van der Waals surface area (Å²) < 4.78 is 0. The fourth-order valence-corrected chi connectivity index (χ4v) is 1.68. The molecule has 13 heavy (non-hydrogen) atoms. The summed E-state index contributed by atoms with van der Waals surface area (Å²) in [7, 11) is 0. The molecule has 0 bridgehead atoms. The van der Waals surface area contributed by atoms with E-state index >= 15 is 0 Å². The van der Waals surface area contributed by atoms with Gasteiger partial charge in [0.2, 0.25) is 0 Å². The van der Waals surface area contributed by atoms with E-state index in [-0.39, 0.29) is 6.42 Å². The Hall–Kier alpha value is -0.650. The van der Waals surface area contributed by atoms with Crippen LogP contribution in [0.3, 0.4) is 0 Å². The molecule has 0 aromatic carbocycles. The number of likely N-dealkylation sites (tertiary alicyclic amines) is 1. The Kier molecular flexibility index (Phi) is 3.24. The molecule has 0 radical (unpaired) electrons. The van der Waals surface area contributed by atoms with Crippen LogP contribution in [0, 0.1) is 0 Å².